The Hall–Kier alpha value is -2.05. The zero-order chi connectivity index (χ0) is 17.9. The fourth-order valence-corrected chi connectivity index (χ4v) is 3.82. The van der Waals surface area contributed by atoms with Crippen molar-refractivity contribution >= 4 is 5.82 Å². The SMILES string of the molecule is CC(C)c1ccc(N2C[C@@H]3COC[C@H](C2)N(Cc2ccccn2)C3)nn1. The molecule has 2 aliphatic heterocycles. The van der Waals surface area contributed by atoms with E-state index in [0.29, 0.717) is 17.9 Å². The number of hydrogen-bond donors (Lipinski definition) is 0. The molecule has 2 bridgehead atoms. The number of fused-ring (bicyclic) bond motifs is 3. The van der Waals surface area contributed by atoms with E-state index in [-0.39, 0.29) is 0 Å². The first-order valence-electron chi connectivity index (χ1n) is 9.49. The molecule has 0 saturated carbocycles. The molecule has 4 heterocycles. The third-order valence-electron chi connectivity index (χ3n) is 5.26. The van der Waals surface area contributed by atoms with Gasteiger partial charge in [-0.3, -0.25) is 9.88 Å². The van der Waals surface area contributed by atoms with Crippen LogP contribution in [0.5, 0.6) is 0 Å². The van der Waals surface area contributed by atoms with Crippen LogP contribution in [0.3, 0.4) is 0 Å². The van der Waals surface area contributed by atoms with Crippen molar-refractivity contribution in [2.24, 2.45) is 5.92 Å². The molecule has 6 nitrogen and oxygen atoms in total. The van der Waals surface area contributed by atoms with Gasteiger partial charge in [-0.05, 0) is 30.2 Å². The highest BCUT2D eigenvalue weighted by atomic mass is 16.5. The Balaban J connectivity index is 1.52. The van der Waals surface area contributed by atoms with Crippen LogP contribution in [0.15, 0.2) is 36.5 Å². The maximum atomic E-state index is 5.94. The van der Waals surface area contributed by atoms with E-state index >= 15 is 0 Å². The molecule has 2 aliphatic rings. The van der Waals surface area contributed by atoms with Gasteiger partial charge >= 0.3 is 0 Å². The average molecular weight is 353 g/mol. The third-order valence-corrected chi connectivity index (χ3v) is 5.26. The van der Waals surface area contributed by atoms with Gasteiger partial charge in [-0.1, -0.05) is 19.9 Å². The lowest BCUT2D eigenvalue weighted by Gasteiger charge is -2.31. The van der Waals surface area contributed by atoms with Crippen molar-refractivity contribution in [2.45, 2.75) is 32.4 Å². The zero-order valence-electron chi connectivity index (χ0n) is 15.6. The quantitative estimate of drug-likeness (QED) is 0.841. The van der Waals surface area contributed by atoms with Crippen molar-refractivity contribution < 1.29 is 4.74 Å². The highest BCUT2D eigenvalue weighted by molar-refractivity contribution is 5.38. The van der Waals surface area contributed by atoms with Gasteiger partial charge in [-0.2, -0.15) is 5.10 Å². The molecule has 0 spiro atoms. The molecule has 0 radical (unpaired) electrons. The van der Waals surface area contributed by atoms with Crippen LogP contribution in [0.25, 0.3) is 0 Å². The topological polar surface area (TPSA) is 54.4 Å². The molecule has 0 aromatic carbocycles. The second-order valence-corrected chi connectivity index (χ2v) is 7.68. The van der Waals surface area contributed by atoms with E-state index < -0.39 is 0 Å². The summed E-state index contributed by atoms with van der Waals surface area (Å²) in [4.78, 5) is 9.41. The minimum Gasteiger partial charge on any atom is -0.379 e. The normalized spacial score (nSPS) is 23.9. The van der Waals surface area contributed by atoms with Crippen LogP contribution < -0.4 is 4.90 Å². The summed E-state index contributed by atoms with van der Waals surface area (Å²) in [5.74, 6) is 1.85. The number of nitrogens with zero attached hydrogens (tertiary/aromatic N) is 5. The lowest BCUT2D eigenvalue weighted by atomic mass is 10.1. The molecule has 6 heteroatoms. The van der Waals surface area contributed by atoms with Crippen molar-refractivity contribution in [3.05, 3.63) is 47.9 Å². The molecule has 0 unspecified atom stereocenters. The van der Waals surface area contributed by atoms with Crippen molar-refractivity contribution in [2.75, 3.05) is 37.7 Å². The fourth-order valence-electron chi connectivity index (χ4n) is 3.82. The fraction of sp³-hybridized carbons (Fsp3) is 0.550. The maximum absolute atomic E-state index is 5.94. The highest BCUT2D eigenvalue weighted by Gasteiger charge is 2.34. The third kappa shape index (κ3) is 3.86. The average Bonchev–Trinajstić information content (AvgIpc) is 2.92. The standard InChI is InChI=1S/C20H27N5O/c1-15(2)19-6-7-20(23-22-19)25-10-16-9-24(18(12-25)14-26-13-16)11-17-5-3-4-8-21-17/h3-8,15-16,18H,9-14H2,1-2H3/t16-,18+/m1/s1. The van der Waals surface area contributed by atoms with Crippen molar-refractivity contribution in [1.82, 2.24) is 20.1 Å². The van der Waals surface area contributed by atoms with Crippen LogP contribution in [0.4, 0.5) is 5.82 Å². The Morgan fingerprint density at radius 1 is 1.08 bits per heavy atom. The summed E-state index contributed by atoms with van der Waals surface area (Å²) in [6.07, 6.45) is 1.87. The number of anilines is 1. The second-order valence-electron chi connectivity index (χ2n) is 7.68. The van der Waals surface area contributed by atoms with Crippen LogP contribution in [0.1, 0.15) is 31.2 Å². The van der Waals surface area contributed by atoms with E-state index in [1.165, 1.54) is 0 Å². The smallest absolute Gasteiger partial charge is 0.151 e. The minimum absolute atomic E-state index is 0.344. The molecule has 0 amide bonds. The molecule has 26 heavy (non-hydrogen) atoms. The molecule has 2 atom stereocenters. The Morgan fingerprint density at radius 2 is 2.00 bits per heavy atom. The number of rotatable bonds is 4. The van der Waals surface area contributed by atoms with Crippen LogP contribution in [0, 0.1) is 5.92 Å². The second kappa shape index (κ2) is 7.68. The molecular formula is C20H27N5O. The van der Waals surface area contributed by atoms with E-state index in [1.54, 1.807) is 0 Å². The van der Waals surface area contributed by atoms with Gasteiger partial charge in [-0.25, -0.2) is 0 Å². The predicted octanol–water partition coefficient (Wildman–Crippen LogP) is 2.33. The van der Waals surface area contributed by atoms with E-state index in [0.717, 1.165) is 56.6 Å². The highest BCUT2D eigenvalue weighted by Crippen LogP contribution is 2.24. The Kier molecular flexibility index (Phi) is 5.13. The van der Waals surface area contributed by atoms with Crippen LogP contribution in [-0.4, -0.2) is 59.0 Å². The van der Waals surface area contributed by atoms with E-state index in [2.05, 4.69) is 63.1 Å². The number of hydrogen-bond acceptors (Lipinski definition) is 6. The van der Waals surface area contributed by atoms with E-state index in [9.17, 15) is 0 Å². The first kappa shape index (κ1) is 17.4. The van der Waals surface area contributed by atoms with Gasteiger partial charge in [0.1, 0.15) is 0 Å². The Morgan fingerprint density at radius 3 is 2.73 bits per heavy atom. The van der Waals surface area contributed by atoms with Gasteiger partial charge in [0.15, 0.2) is 5.82 Å². The van der Waals surface area contributed by atoms with Crippen molar-refractivity contribution in [3.8, 4) is 0 Å². The van der Waals surface area contributed by atoms with Gasteiger partial charge in [-0.15, -0.1) is 5.10 Å². The largest absolute Gasteiger partial charge is 0.379 e. The zero-order valence-corrected chi connectivity index (χ0v) is 15.6. The molecule has 2 aromatic rings. The number of pyridine rings is 1. The Bertz CT molecular complexity index is 706. The molecule has 2 saturated heterocycles. The van der Waals surface area contributed by atoms with Crippen LogP contribution in [0.2, 0.25) is 0 Å². The minimum atomic E-state index is 0.344. The van der Waals surface area contributed by atoms with Crippen LogP contribution in [-0.2, 0) is 11.3 Å². The van der Waals surface area contributed by atoms with Gasteiger partial charge in [0.2, 0.25) is 0 Å². The summed E-state index contributed by atoms with van der Waals surface area (Å²) in [6, 6.07) is 10.7. The van der Waals surface area contributed by atoms with E-state index in [1.807, 2.05) is 12.3 Å². The first-order chi connectivity index (χ1) is 12.7. The first-order valence-corrected chi connectivity index (χ1v) is 9.49. The monoisotopic (exact) mass is 353 g/mol. The number of ether oxygens (including phenoxy) is 1. The molecule has 2 fully saturated rings. The summed E-state index contributed by atoms with van der Waals surface area (Å²) in [7, 11) is 0. The van der Waals surface area contributed by atoms with Crippen molar-refractivity contribution in [1.29, 1.82) is 0 Å². The summed E-state index contributed by atoms with van der Waals surface area (Å²) in [6.45, 7) is 9.65. The summed E-state index contributed by atoms with van der Waals surface area (Å²) >= 11 is 0. The predicted molar refractivity (Wildman–Crippen MR) is 101 cm³/mol. The maximum Gasteiger partial charge on any atom is 0.151 e. The lowest BCUT2D eigenvalue weighted by Crippen LogP contribution is -2.44. The summed E-state index contributed by atoms with van der Waals surface area (Å²) < 4.78 is 5.94. The van der Waals surface area contributed by atoms with Crippen LogP contribution >= 0.6 is 0 Å². The molecule has 138 valence electrons. The number of aromatic nitrogens is 3. The summed E-state index contributed by atoms with van der Waals surface area (Å²) in [5.41, 5.74) is 2.16. The molecule has 4 rings (SSSR count). The summed E-state index contributed by atoms with van der Waals surface area (Å²) in [5, 5.41) is 8.92. The van der Waals surface area contributed by atoms with E-state index in [4.69, 9.17) is 4.74 Å². The van der Waals surface area contributed by atoms with Gasteiger partial charge in [0, 0.05) is 38.3 Å². The molecule has 0 aliphatic carbocycles. The molecule has 0 N–H and O–H groups in total. The van der Waals surface area contributed by atoms with Crippen molar-refractivity contribution in [3.63, 3.8) is 0 Å². The molecular weight excluding hydrogens is 326 g/mol. The van der Waals surface area contributed by atoms with Gasteiger partial charge in [0.25, 0.3) is 0 Å². The lowest BCUT2D eigenvalue weighted by molar-refractivity contribution is 0.0869. The Labute approximate surface area is 155 Å². The van der Waals surface area contributed by atoms with Gasteiger partial charge < -0.3 is 9.64 Å². The van der Waals surface area contributed by atoms with Gasteiger partial charge in [0.05, 0.1) is 30.6 Å². The molecule has 2 aromatic heterocycles.